The number of piperazine rings is 1. The summed E-state index contributed by atoms with van der Waals surface area (Å²) in [6.07, 6.45) is -0.321. The van der Waals surface area contributed by atoms with Crippen LogP contribution < -0.4 is 5.32 Å². The molecule has 1 aromatic carbocycles. The van der Waals surface area contributed by atoms with Crippen LogP contribution in [0.5, 0.6) is 0 Å². The van der Waals surface area contributed by atoms with Crippen LogP contribution in [-0.2, 0) is 9.53 Å². The molecule has 7 heteroatoms. The lowest BCUT2D eigenvalue weighted by molar-refractivity contribution is -0.117. The van der Waals surface area contributed by atoms with Crippen molar-refractivity contribution in [1.82, 2.24) is 9.80 Å². The lowest BCUT2D eigenvalue weighted by Gasteiger charge is -2.33. The molecule has 2 amide bonds. The first kappa shape index (κ1) is 17.2. The quantitative estimate of drug-likeness (QED) is 0.918. The molecule has 23 heavy (non-hydrogen) atoms. The van der Waals surface area contributed by atoms with E-state index in [0.29, 0.717) is 32.8 Å². The molecule has 0 aliphatic carbocycles. The van der Waals surface area contributed by atoms with Gasteiger partial charge in [-0.15, -0.1) is 0 Å². The van der Waals surface area contributed by atoms with E-state index in [0.717, 1.165) is 5.56 Å². The van der Waals surface area contributed by atoms with Crippen molar-refractivity contribution in [3.8, 4) is 0 Å². The Morgan fingerprint density at radius 2 is 1.96 bits per heavy atom. The molecule has 1 fully saturated rings. The highest BCUT2D eigenvalue weighted by atomic mass is 19.1. The number of benzene rings is 1. The third-order valence-electron chi connectivity index (χ3n) is 3.66. The fourth-order valence-electron chi connectivity index (χ4n) is 2.42. The molecule has 0 bridgehead atoms. The number of nitrogens with zero attached hydrogens (tertiary/aromatic N) is 2. The molecule has 1 aromatic rings. The maximum atomic E-state index is 13.7. The Morgan fingerprint density at radius 3 is 2.57 bits per heavy atom. The summed E-state index contributed by atoms with van der Waals surface area (Å²) in [6, 6.07) is 4.69. The van der Waals surface area contributed by atoms with Gasteiger partial charge in [-0.3, -0.25) is 9.69 Å². The minimum atomic E-state index is -0.439. The normalized spacial score (nSPS) is 15.3. The number of nitrogens with one attached hydrogen (secondary N) is 1. The fourth-order valence-corrected chi connectivity index (χ4v) is 2.42. The summed E-state index contributed by atoms with van der Waals surface area (Å²) in [5.74, 6) is -0.706. The predicted octanol–water partition coefficient (Wildman–Crippen LogP) is 1.85. The summed E-state index contributed by atoms with van der Waals surface area (Å²) in [5, 5.41) is 2.58. The third-order valence-corrected chi connectivity index (χ3v) is 3.66. The van der Waals surface area contributed by atoms with Crippen LogP contribution >= 0.6 is 0 Å². The molecular weight excluding hydrogens is 301 g/mol. The molecule has 1 aliphatic rings. The first-order valence-corrected chi connectivity index (χ1v) is 7.69. The molecule has 0 radical (unpaired) electrons. The van der Waals surface area contributed by atoms with Gasteiger partial charge in [0, 0.05) is 26.2 Å². The maximum absolute atomic E-state index is 13.7. The molecule has 0 atom stereocenters. The summed E-state index contributed by atoms with van der Waals surface area (Å²) in [7, 11) is 0. The summed E-state index contributed by atoms with van der Waals surface area (Å²) in [4.78, 5) is 27.2. The number of anilines is 1. The Labute approximate surface area is 135 Å². The highest BCUT2D eigenvalue weighted by Crippen LogP contribution is 2.15. The SMILES string of the molecule is CCOC(=O)N1CCN(CC(=O)Nc2ccc(C)cc2F)CC1. The number of aryl methyl sites for hydroxylation is 1. The predicted molar refractivity (Wildman–Crippen MR) is 84.8 cm³/mol. The third kappa shape index (κ3) is 4.92. The average Bonchev–Trinajstić information content (AvgIpc) is 2.51. The van der Waals surface area contributed by atoms with Crippen molar-refractivity contribution in [2.24, 2.45) is 0 Å². The van der Waals surface area contributed by atoms with Gasteiger partial charge in [-0.2, -0.15) is 0 Å². The number of hydrogen-bond acceptors (Lipinski definition) is 4. The largest absolute Gasteiger partial charge is 0.450 e. The topological polar surface area (TPSA) is 61.9 Å². The van der Waals surface area contributed by atoms with E-state index in [1.807, 2.05) is 4.90 Å². The first-order chi connectivity index (χ1) is 11.0. The summed E-state index contributed by atoms with van der Waals surface area (Å²) >= 11 is 0. The number of carbonyl (C=O) groups excluding carboxylic acids is 2. The monoisotopic (exact) mass is 323 g/mol. The van der Waals surface area contributed by atoms with Crippen LogP contribution in [0.15, 0.2) is 18.2 Å². The molecule has 0 aromatic heterocycles. The number of ether oxygens (including phenoxy) is 1. The van der Waals surface area contributed by atoms with Crippen molar-refractivity contribution in [2.75, 3.05) is 44.6 Å². The molecular formula is C16H22FN3O3. The van der Waals surface area contributed by atoms with Crippen LogP contribution in [0.1, 0.15) is 12.5 Å². The molecule has 6 nitrogen and oxygen atoms in total. The molecule has 0 unspecified atom stereocenters. The van der Waals surface area contributed by atoms with E-state index in [-0.39, 0.29) is 24.2 Å². The van der Waals surface area contributed by atoms with Gasteiger partial charge >= 0.3 is 6.09 Å². The van der Waals surface area contributed by atoms with Crippen molar-refractivity contribution in [2.45, 2.75) is 13.8 Å². The van der Waals surface area contributed by atoms with Crippen molar-refractivity contribution < 1.29 is 18.7 Å². The minimum absolute atomic E-state index is 0.171. The second-order valence-electron chi connectivity index (χ2n) is 5.49. The Morgan fingerprint density at radius 1 is 1.26 bits per heavy atom. The van der Waals surface area contributed by atoms with E-state index < -0.39 is 5.82 Å². The lowest BCUT2D eigenvalue weighted by Crippen LogP contribution is -2.50. The van der Waals surface area contributed by atoms with Crippen LogP contribution in [0.25, 0.3) is 0 Å². The molecule has 126 valence electrons. The Balaban J connectivity index is 1.79. The molecule has 1 N–H and O–H groups in total. The van der Waals surface area contributed by atoms with Gasteiger partial charge in [0.15, 0.2) is 0 Å². The number of halogens is 1. The van der Waals surface area contributed by atoms with E-state index >= 15 is 0 Å². The zero-order valence-corrected chi connectivity index (χ0v) is 13.5. The van der Waals surface area contributed by atoms with E-state index in [9.17, 15) is 14.0 Å². The van der Waals surface area contributed by atoms with Crippen LogP contribution in [0.4, 0.5) is 14.9 Å². The van der Waals surface area contributed by atoms with Gasteiger partial charge in [-0.25, -0.2) is 9.18 Å². The molecule has 1 aliphatic heterocycles. The van der Waals surface area contributed by atoms with Gasteiger partial charge in [0.05, 0.1) is 18.8 Å². The van der Waals surface area contributed by atoms with E-state index in [4.69, 9.17) is 4.74 Å². The Bertz CT molecular complexity index is 572. The lowest BCUT2D eigenvalue weighted by atomic mass is 10.2. The number of amides is 2. The highest BCUT2D eigenvalue weighted by molar-refractivity contribution is 5.92. The van der Waals surface area contributed by atoms with Gasteiger partial charge in [-0.05, 0) is 31.5 Å². The second-order valence-corrected chi connectivity index (χ2v) is 5.49. The van der Waals surface area contributed by atoms with Crippen LogP contribution in [-0.4, -0.2) is 61.1 Å². The highest BCUT2D eigenvalue weighted by Gasteiger charge is 2.23. The Hall–Kier alpha value is -2.15. The summed E-state index contributed by atoms with van der Waals surface area (Å²) < 4.78 is 18.7. The number of carbonyl (C=O) groups is 2. The van der Waals surface area contributed by atoms with Crippen molar-refractivity contribution in [1.29, 1.82) is 0 Å². The molecule has 0 saturated carbocycles. The zero-order chi connectivity index (χ0) is 16.8. The van der Waals surface area contributed by atoms with E-state index in [1.165, 1.54) is 6.07 Å². The summed E-state index contributed by atoms with van der Waals surface area (Å²) in [6.45, 7) is 6.29. The smallest absolute Gasteiger partial charge is 0.409 e. The first-order valence-electron chi connectivity index (χ1n) is 7.69. The van der Waals surface area contributed by atoms with Gasteiger partial charge in [0.25, 0.3) is 0 Å². The van der Waals surface area contributed by atoms with Crippen molar-refractivity contribution in [3.05, 3.63) is 29.6 Å². The second kappa shape index (κ2) is 7.92. The zero-order valence-electron chi connectivity index (χ0n) is 13.5. The maximum Gasteiger partial charge on any atom is 0.409 e. The van der Waals surface area contributed by atoms with Crippen LogP contribution in [0.3, 0.4) is 0 Å². The average molecular weight is 323 g/mol. The standard InChI is InChI=1S/C16H22FN3O3/c1-3-23-16(22)20-8-6-19(7-9-20)11-15(21)18-14-5-4-12(2)10-13(14)17/h4-5,10H,3,6-9,11H2,1-2H3,(H,18,21). The molecule has 1 heterocycles. The van der Waals surface area contributed by atoms with Gasteiger partial charge in [0.1, 0.15) is 5.82 Å². The van der Waals surface area contributed by atoms with E-state index in [2.05, 4.69) is 5.32 Å². The van der Waals surface area contributed by atoms with Crippen molar-refractivity contribution >= 4 is 17.7 Å². The number of rotatable bonds is 4. The van der Waals surface area contributed by atoms with Crippen LogP contribution in [0, 0.1) is 12.7 Å². The fraction of sp³-hybridized carbons (Fsp3) is 0.500. The van der Waals surface area contributed by atoms with Gasteiger partial charge in [0.2, 0.25) is 5.91 Å². The molecule has 1 saturated heterocycles. The van der Waals surface area contributed by atoms with Gasteiger partial charge in [-0.1, -0.05) is 6.07 Å². The van der Waals surface area contributed by atoms with Crippen molar-refractivity contribution in [3.63, 3.8) is 0 Å². The molecule has 2 rings (SSSR count). The minimum Gasteiger partial charge on any atom is -0.450 e. The van der Waals surface area contributed by atoms with Gasteiger partial charge < -0.3 is 15.0 Å². The van der Waals surface area contributed by atoms with E-state index in [1.54, 1.807) is 30.9 Å². The number of hydrogen-bond donors (Lipinski definition) is 1. The van der Waals surface area contributed by atoms with Crippen LogP contribution in [0.2, 0.25) is 0 Å². The Kier molecular flexibility index (Phi) is 5.92. The molecule has 0 spiro atoms. The summed E-state index contributed by atoms with van der Waals surface area (Å²) in [5.41, 5.74) is 0.987.